The van der Waals surface area contributed by atoms with E-state index in [2.05, 4.69) is 5.32 Å². The summed E-state index contributed by atoms with van der Waals surface area (Å²) in [5.74, 6) is -0.165. The van der Waals surface area contributed by atoms with Gasteiger partial charge in [-0.1, -0.05) is 13.0 Å². The normalized spacial score (nSPS) is 9.75. The van der Waals surface area contributed by atoms with Gasteiger partial charge in [0.15, 0.2) is 11.5 Å². The van der Waals surface area contributed by atoms with E-state index in [-0.39, 0.29) is 11.5 Å². The Morgan fingerprint density at radius 1 is 1.33 bits per heavy atom. The quantitative estimate of drug-likeness (QED) is 0.603. The van der Waals surface area contributed by atoms with E-state index in [4.69, 9.17) is 5.11 Å². The van der Waals surface area contributed by atoms with Gasteiger partial charge in [-0.2, -0.15) is 0 Å². The van der Waals surface area contributed by atoms with Gasteiger partial charge in [0.05, 0.1) is 5.69 Å². The van der Waals surface area contributed by atoms with Crippen LogP contribution in [0.4, 0.5) is 5.69 Å². The molecule has 1 aromatic rings. The van der Waals surface area contributed by atoms with E-state index >= 15 is 0 Å². The van der Waals surface area contributed by atoms with Crippen LogP contribution in [0.25, 0.3) is 0 Å². The molecule has 0 fully saturated rings. The molecule has 0 spiro atoms. The predicted molar refractivity (Wildman–Crippen MR) is 48.6 cm³/mol. The van der Waals surface area contributed by atoms with E-state index < -0.39 is 0 Å². The number of rotatable bonds is 3. The maximum atomic E-state index is 9.31. The molecule has 3 heteroatoms. The van der Waals surface area contributed by atoms with Gasteiger partial charge in [-0.15, -0.1) is 0 Å². The second-order valence-electron chi connectivity index (χ2n) is 2.60. The number of anilines is 1. The molecule has 0 aliphatic rings. The molecule has 0 saturated carbocycles. The lowest BCUT2D eigenvalue weighted by Gasteiger charge is -2.07. The second kappa shape index (κ2) is 3.85. The van der Waals surface area contributed by atoms with E-state index in [1.54, 1.807) is 12.1 Å². The minimum atomic E-state index is -0.0869. The van der Waals surface area contributed by atoms with Gasteiger partial charge in [-0.05, 0) is 18.6 Å². The van der Waals surface area contributed by atoms with E-state index in [1.165, 1.54) is 6.07 Å². The number of hydrogen-bond donors (Lipinski definition) is 3. The van der Waals surface area contributed by atoms with Crippen molar-refractivity contribution < 1.29 is 10.2 Å². The molecule has 66 valence electrons. The summed E-state index contributed by atoms with van der Waals surface area (Å²) < 4.78 is 0. The molecular formula is C9H13NO2. The van der Waals surface area contributed by atoms with Gasteiger partial charge < -0.3 is 15.5 Å². The molecule has 3 nitrogen and oxygen atoms in total. The average molecular weight is 167 g/mol. The number of phenolic OH excluding ortho intramolecular Hbond substituents is 2. The van der Waals surface area contributed by atoms with Crippen LogP contribution in [-0.4, -0.2) is 16.8 Å². The van der Waals surface area contributed by atoms with Crippen LogP contribution in [0.1, 0.15) is 13.3 Å². The lowest BCUT2D eigenvalue weighted by atomic mass is 10.2. The summed E-state index contributed by atoms with van der Waals surface area (Å²) in [6.07, 6.45) is 0.981. The maximum Gasteiger partial charge on any atom is 0.181 e. The van der Waals surface area contributed by atoms with Crippen LogP contribution < -0.4 is 5.32 Å². The highest BCUT2D eigenvalue weighted by Crippen LogP contribution is 2.32. The topological polar surface area (TPSA) is 52.5 Å². The fraction of sp³-hybridized carbons (Fsp3) is 0.333. The third-order valence-electron chi connectivity index (χ3n) is 1.58. The molecule has 0 aliphatic carbocycles. The molecule has 0 amide bonds. The Morgan fingerprint density at radius 2 is 2.08 bits per heavy atom. The van der Waals surface area contributed by atoms with Crippen LogP contribution in [0, 0.1) is 0 Å². The zero-order valence-corrected chi connectivity index (χ0v) is 7.04. The Bertz CT molecular complexity index is 261. The Balaban J connectivity index is 2.78. The van der Waals surface area contributed by atoms with Crippen LogP contribution in [0.3, 0.4) is 0 Å². The van der Waals surface area contributed by atoms with Gasteiger partial charge in [-0.3, -0.25) is 0 Å². The Morgan fingerprint density at radius 3 is 2.75 bits per heavy atom. The first-order chi connectivity index (χ1) is 5.75. The zero-order valence-electron chi connectivity index (χ0n) is 7.04. The van der Waals surface area contributed by atoms with Gasteiger partial charge in [-0.25, -0.2) is 0 Å². The van der Waals surface area contributed by atoms with Crippen molar-refractivity contribution in [2.24, 2.45) is 0 Å². The van der Waals surface area contributed by atoms with Crippen molar-refractivity contribution in [3.8, 4) is 11.5 Å². The molecule has 0 aromatic heterocycles. The highest BCUT2D eigenvalue weighted by atomic mass is 16.3. The zero-order chi connectivity index (χ0) is 8.97. The van der Waals surface area contributed by atoms with Gasteiger partial charge >= 0.3 is 0 Å². The first-order valence-corrected chi connectivity index (χ1v) is 4.00. The van der Waals surface area contributed by atoms with Crippen LogP contribution in [-0.2, 0) is 0 Å². The van der Waals surface area contributed by atoms with Gasteiger partial charge in [0.2, 0.25) is 0 Å². The highest BCUT2D eigenvalue weighted by Gasteiger charge is 2.03. The van der Waals surface area contributed by atoms with Crippen molar-refractivity contribution in [3.63, 3.8) is 0 Å². The number of hydrogen-bond acceptors (Lipinski definition) is 3. The molecule has 12 heavy (non-hydrogen) atoms. The molecule has 0 bridgehead atoms. The molecule has 3 N–H and O–H groups in total. The van der Waals surface area contributed by atoms with Crippen molar-refractivity contribution in [3.05, 3.63) is 18.2 Å². The molecule has 1 aromatic carbocycles. The maximum absolute atomic E-state index is 9.31. The minimum Gasteiger partial charge on any atom is -0.504 e. The molecule has 0 atom stereocenters. The molecule has 0 unspecified atom stereocenters. The number of aromatic hydroxyl groups is 2. The summed E-state index contributed by atoms with van der Waals surface area (Å²) in [6, 6.07) is 4.87. The monoisotopic (exact) mass is 167 g/mol. The fourth-order valence-corrected chi connectivity index (χ4v) is 0.934. The molecule has 0 aliphatic heterocycles. The van der Waals surface area contributed by atoms with Crippen LogP contribution >= 0.6 is 0 Å². The van der Waals surface area contributed by atoms with E-state index in [9.17, 15) is 5.11 Å². The number of benzene rings is 1. The minimum absolute atomic E-state index is 0.0778. The lowest BCUT2D eigenvalue weighted by Crippen LogP contribution is -1.99. The molecule has 0 radical (unpaired) electrons. The number of para-hydroxylation sites is 1. The van der Waals surface area contributed by atoms with Crippen molar-refractivity contribution in [1.29, 1.82) is 0 Å². The van der Waals surface area contributed by atoms with Gasteiger partial charge in [0.25, 0.3) is 0 Å². The van der Waals surface area contributed by atoms with E-state index in [1.807, 2.05) is 6.92 Å². The molecule has 0 saturated heterocycles. The second-order valence-corrected chi connectivity index (χ2v) is 2.60. The van der Waals surface area contributed by atoms with E-state index in [0.29, 0.717) is 5.69 Å². The first-order valence-electron chi connectivity index (χ1n) is 4.00. The predicted octanol–water partition coefficient (Wildman–Crippen LogP) is 1.92. The summed E-state index contributed by atoms with van der Waals surface area (Å²) in [5.41, 5.74) is 0.580. The first kappa shape index (κ1) is 8.71. The lowest BCUT2D eigenvalue weighted by molar-refractivity contribution is 0.405. The van der Waals surface area contributed by atoms with Crippen LogP contribution in [0.15, 0.2) is 18.2 Å². The largest absolute Gasteiger partial charge is 0.504 e. The van der Waals surface area contributed by atoms with Gasteiger partial charge in [0, 0.05) is 6.54 Å². The van der Waals surface area contributed by atoms with Crippen molar-refractivity contribution in [2.75, 3.05) is 11.9 Å². The number of nitrogens with one attached hydrogen (secondary N) is 1. The summed E-state index contributed by atoms with van der Waals surface area (Å²) >= 11 is 0. The Kier molecular flexibility index (Phi) is 2.80. The third kappa shape index (κ3) is 1.81. The summed E-state index contributed by atoms with van der Waals surface area (Å²) in [4.78, 5) is 0. The van der Waals surface area contributed by atoms with Crippen molar-refractivity contribution in [1.82, 2.24) is 0 Å². The SMILES string of the molecule is CCCNc1cccc(O)c1O. The summed E-state index contributed by atoms with van der Waals surface area (Å²) in [6.45, 7) is 2.82. The third-order valence-corrected chi connectivity index (χ3v) is 1.58. The Hall–Kier alpha value is -1.38. The van der Waals surface area contributed by atoms with Crippen molar-refractivity contribution in [2.45, 2.75) is 13.3 Å². The highest BCUT2D eigenvalue weighted by molar-refractivity contribution is 5.61. The standard InChI is InChI=1S/C9H13NO2/c1-2-6-10-7-4-3-5-8(11)9(7)12/h3-5,10-12H,2,6H2,1H3. The smallest absolute Gasteiger partial charge is 0.181 e. The Labute approximate surface area is 71.7 Å². The van der Waals surface area contributed by atoms with E-state index in [0.717, 1.165) is 13.0 Å². The molecule has 1 rings (SSSR count). The van der Waals surface area contributed by atoms with Gasteiger partial charge in [0.1, 0.15) is 0 Å². The summed E-state index contributed by atoms with van der Waals surface area (Å²) in [7, 11) is 0. The summed E-state index contributed by atoms with van der Waals surface area (Å²) in [5, 5.41) is 21.4. The fourth-order valence-electron chi connectivity index (χ4n) is 0.934. The van der Waals surface area contributed by atoms with Crippen molar-refractivity contribution >= 4 is 5.69 Å². The van der Waals surface area contributed by atoms with Crippen LogP contribution in [0.5, 0.6) is 11.5 Å². The number of phenols is 2. The average Bonchev–Trinajstić information content (AvgIpc) is 2.08. The van der Waals surface area contributed by atoms with Crippen LogP contribution in [0.2, 0.25) is 0 Å². The molecule has 0 heterocycles. The molecular weight excluding hydrogens is 154 g/mol.